The largest absolute Gasteiger partial charge is 0.360 e. The average Bonchev–Trinajstić information content (AvgIpc) is 2.66. The van der Waals surface area contributed by atoms with E-state index in [4.69, 9.17) is 5.26 Å². The predicted molar refractivity (Wildman–Crippen MR) is 47.3 cm³/mol. The SMILES string of the molecule is CC(C#N)S(=O)(=O)NCc1ccno1. The minimum atomic E-state index is -3.59. The molecule has 1 rings (SSSR count). The molecule has 14 heavy (non-hydrogen) atoms. The van der Waals surface area contributed by atoms with Crippen LogP contribution in [-0.2, 0) is 16.6 Å². The molecule has 7 heteroatoms. The molecule has 0 fully saturated rings. The van der Waals surface area contributed by atoms with Crippen LogP contribution in [0.3, 0.4) is 0 Å². The lowest BCUT2D eigenvalue weighted by Crippen LogP contribution is -2.31. The summed E-state index contributed by atoms with van der Waals surface area (Å²) in [6, 6.07) is 3.18. The third-order valence-corrected chi connectivity index (χ3v) is 3.17. The first-order chi connectivity index (χ1) is 6.56. The maximum atomic E-state index is 11.3. The zero-order chi connectivity index (χ0) is 10.6. The Balaban J connectivity index is 2.58. The Labute approximate surface area is 81.6 Å². The summed E-state index contributed by atoms with van der Waals surface area (Å²) in [6.45, 7) is 1.32. The van der Waals surface area contributed by atoms with Gasteiger partial charge in [-0.1, -0.05) is 5.16 Å². The number of nitriles is 1. The molecule has 0 aliphatic rings. The van der Waals surface area contributed by atoms with Gasteiger partial charge in [0, 0.05) is 6.07 Å². The lowest BCUT2D eigenvalue weighted by atomic mass is 10.5. The molecule has 1 N–H and O–H groups in total. The first-order valence-corrected chi connectivity index (χ1v) is 5.38. The van der Waals surface area contributed by atoms with E-state index in [9.17, 15) is 8.42 Å². The summed E-state index contributed by atoms with van der Waals surface area (Å²) >= 11 is 0. The molecule has 0 aromatic carbocycles. The number of nitrogens with zero attached hydrogens (tertiary/aromatic N) is 2. The topological polar surface area (TPSA) is 96.0 Å². The fraction of sp³-hybridized carbons (Fsp3) is 0.429. The summed E-state index contributed by atoms with van der Waals surface area (Å²) in [5.74, 6) is 0.402. The van der Waals surface area contributed by atoms with Crippen LogP contribution in [0.5, 0.6) is 0 Å². The van der Waals surface area contributed by atoms with Crippen LogP contribution in [0.1, 0.15) is 12.7 Å². The molecule has 0 saturated carbocycles. The smallest absolute Gasteiger partial charge is 0.228 e. The van der Waals surface area contributed by atoms with Crippen molar-refractivity contribution in [2.24, 2.45) is 0 Å². The van der Waals surface area contributed by atoms with Crippen molar-refractivity contribution >= 4 is 10.0 Å². The Kier molecular flexibility index (Phi) is 3.22. The molecule has 0 spiro atoms. The van der Waals surface area contributed by atoms with Gasteiger partial charge in [0.2, 0.25) is 10.0 Å². The molecule has 1 atom stereocenters. The van der Waals surface area contributed by atoms with Gasteiger partial charge in [-0.3, -0.25) is 0 Å². The number of hydrogen-bond acceptors (Lipinski definition) is 5. The van der Waals surface area contributed by atoms with E-state index in [1.165, 1.54) is 13.1 Å². The third-order valence-electron chi connectivity index (χ3n) is 1.59. The summed E-state index contributed by atoms with van der Waals surface area (Å²) in [7, 11) is -3.59. The van der Waals surface area contributed by atoms with Crippen molar-refractivity contribution in [2.45, 2.75) is 18.7 Å². The number of nitrogens with one attached hydrogen (secondary N) is 1. The summed E-state index contributed by atoms with van der Waals surface area (Å²) < 4.78 is 29.4. The molecule has 1 unspecified atom stereocenters. The van der Waals surface area contributed by atoms with Crippen molar-refractivity contribution in [1.29, 1.82) is 5.26 Å². The minimum absolute atomic E-state index is 0.00829. The van der Waals surface area contributed by atoms with Crippen LogP contribution in [0.25, 0.3) is 0 Å². The van der Waals surface area contributed by atoms with Gasteiger partial charge >= 0.3 is 0 Å². The Hall–Kier alpha value is -1.39. The summed E-state index contributed by atoms with van der Waals surface area (Å²) in [5.41, 5.74) is 0. The molecule has 0 saturated heterocycles. The highest BCUT2D eigenvalue weighted by atomic mass is 32.2. The van der Waals surface area contributed by atoms with E-state index < -0.39 is 15.3 Å². The van der Waals surface area contributed by atoms with Crippen molar-refractivity contribution < 1.29 is 12.9 Å². The first-order valence-electron chi connectivity index (χ1n) is 3.84. The Bertz CT molecular complexity index is 418. The molecule has 1 aromatic heterocycles. The first kappa shape index (κ1) is 10.7. The average molecular weight is 215 g/mol. The maximum Gasteiger partial charge on any atom is 0.228 e. The highest BCUT2D eigenvalue weighted by Gasteiger charge is 2.19. The fourth-order valence-corrected chi connectivity index (χ4v) is 1.43. The monoisotopic (exact) mass is 215 g/mol. The molecule has 1 heterocycles. The Morgan fingerprint density at radius 2 is 2.50 bits per heavy atom. The van der Waals surface area contributed by atoms with E-state index >= 15 is 0 Å². The Morgan fingerprint density at radius 3 is 3.00 bits per heavy atom. The van der Waals surface area contributed by atoms with Crippen LogP contribution in [0.2, 0.25) is 0 Å². The van der Waals surface area contributed by atoms with E-state index in [1.807, 2.05) is 0 Å². The van der Waals surface area contributed by atoms with Gasteiger partial charge in [-0.15, -0.1) is 0 Å². The second-order valence-corrected chi connectivity index (χ2v) is 4.70. The number of hydrogen-bond donors (Lipinski definition) is 1. The zero-order valence-electron chi connectivity index (χ0n) is 7.47. The predicted octanol–water partition coefficient (Wildman–Crippen LogP) is 0.00608. The van der Waals surface area contributed by atoms with Crippen molar-refractivity contribution in [3.05, 3.63) is 18.0 Å². The number of rotatable bonds is 4. The van der Waals surface area contributed by atoms with Crippen molar-refractivity contribution in [3.63, 3.8) is 0 Å². The molecule has 0 aliphatic carbocycles. The van der Waals surface area contributed by atoms with Crippen molar-refractivity contribution in [1.82, 2.24) is 9.88 Å². The van der Waals surface area contributed by atoms with Gasteiger partial charge in [0.1, 0.15) is 0 Å². The molecule has 0 amide bonds. The summed E-state index contributed by atoms with van der Waals surface area (Å²) in [6.07, 6.45) is 1.41. The van der Waals surface area contributed by atoms with E-state index in [0.29, 0.717) is 5.76 Å². The van der Waals surface area contributed by atoms with Gasteiger partial charge in [-0.05, 0) is 6.92 Å². The lowest BCUT2D eigenvalue weighted by molar-refractivity contribution is 0.380. The molecule has 1 aromatic rings. The van der Waals surface area contributed by atoms with Gasteiger partial charge in [-0.2, -0.15) is 5.26 Å². The summed E-state index contributed by atoms with van der Waals surface area (Å²) in [5, 5.41) is 10.8. The van der Waals surface area contributed by atoms with Crippen molar-refractivity contribution in [2.75, 3.05) is 0 Å². The van der Waals surface area contributed by atoms with Crippen LogP contribution in [0.15, 0.2) is 16.8 Å². The zero-order valence-corrected chi connectivity index (χ0v) is 8.28. The molecule has 76 valence electrons. The quantitative estimate of drug-likeness (QED) is 0.762. The maximum absolute atomic E-state index is 11.3. The van der Waals surface area contributed by atoms with E-state index in [-0.39, 0.29) is 6.54 Å². The van der Waals surface area contributed by atoms with E-state index in [2.05, 4.69) is 14.4 Å². The molecule has 6 nitrogen and oxygen atoms in total. The van der Waals surface area contributed by atoms with Crippen LogP contribution >= 0.6 is 0 Å². The van der Waals surface area contributed by atoms with Gasteiger partial charge in [-0.25, -0.2) is 13.1 Å². The molecule has 0 aliphatic heterocycles. The second-order valence-electron chi connectivity index (χ2n) is 2.62. The van der Waals surface area contributed by atoms with Gasteiger partial charge in [0.25, 0.3) is 0 Å². The molecular formula is C7H9N3O3S. The van der Waals surface area contributed by atoms with Crippen LogP contribution < -0.4 is 4.72 Å². The summed E-state index contributed by atoms with van der Waals surface area (Å²) in [4.78, 5) is 0. The molecule has 0 radical (unpaired) electrons. The highest BCUT2D eigenvalue weighted by Crippen LogP contribution is 2.00. The molecular weight excluding hydrogens is 206 g/mol. The standard InChI is InChI=1S/C7H9N3O3S/c1-6(4-8)14(11,12)10-5-7-2-3-9-13-7/h2-3,6,10H,5H2,1H3. The molecule has 0 bridgehead atoms. The lowest BCUT2D eigenvalue weighted by Gasteiger charge is -2.05. The van der Waals surface area contributed by atoms with Gasteiger partial charge < -0.3 is 4.52 Å². The van der Waals surface area contributed by atoms with Gasteiger partial charge in [0.15, 0.2) is 11.0 Å². The Morgan fingerprint density at radius 1 is 1.79 bits per heavy atom. The fourth-order valence-electron chi connectivity index (χ4n) is 0.699. The van der Waals surface area contributed by atoms with Gasteiger partial charge in [0.05, 0.1) is 18.8 Å². The van der Waals surface area contributed by atoms with E-state index in [0.717, 1.165) is 0 Å². The number of aromatic nitrogens is 1. The van der Waals surface area contributed by atoms with Crippen LogP contribution in [-0.4, -0.2) is 18.8 Å². The van der Waals surface area contributed by atoms with Crippen LogP contribution in [0, 0.1) is 11.3 Å². The minimum Gasteiger partial charge on any atom is -0.360 e. The number of sulfonamides is 1. The normalized spacial score (nSPS) is 13.4. The third kappa shape index (κ3) is 2.55. The second kappa shape index (κ2) is 4.21. The van der Waals surface area contributed by atoms with Crippen LogP contribution in [0.4, 0.5) is 0 Å². The van der Waals surface area contributed by atoms with Crippen molar-refractivity contribution in [3.8, 4) is 6.07 Å². The van der Waals surface area contributed by atoms with E-state index in [1.54, 1.807) is 12.1 Å². The highest BCUT2D eigenvalue weighted by molar-refractivity contribution is 7.90.